The van der Waals surface area contributed by atoms with Crippen molar-refractivity contribution in [3.63, 3.8) is 0 Å². The number of aliphatic imine (C=N–C) groups is 1. The van der Waals surface area contributed by atoms with Crippen LogP contribution in [0, 0.1) is 5.92 Å². The van der Waals surface area contributed by atoms with Crippen molar-refractivity contribution in [3.8, 4) is 17.2 Å². The summed E-state index contributed by atoms with van der Waals surface area (Å²) in [5.41, 5.74) is 0.959. The molecule has 2 N–H and O–H groups in total. The van der Waals surface area contributed by atoms with Crippen LogP contribution in [-0.2, 0) is 11.3 Å². The second kappa shape index (κ2) is 10.8. The summed E-state index contributed by atoms with van der Waals surface area (Å²) in [7, 11) is 6.58. The van der Waals surface area contributed by atoms with E-state index in [2.05, 4.69) is 15.6 Å². The number of rotatable bonds is 11. The summed E-state index contributed by atoms with van der Waals surface area (Å²) >= 11 is 0. The van der Waals surface area contributed by atoms with Gasteiger partial charge in [0, 0.05) is 38.9 Å². The number of nitrogens with zero attached hydrogens (tertiary/aromatic N) is 1. The third-order valence-corrected chi connectivity index (χ3v) is 4.26. The number of methoxy groups -OCH3 is 3. The molecule has 0 atom stereocenters. The molecule has 0 bridgehead atoms. The molecule has 0 spiro atoms. The highest BCUT2D eigenvalue weighted by atomic mass is 16.5. The maximum Gasteiger partial charge on any atom is 0.203 e. The average Bonchev–Trinajstić information content (AvgIpc) is 3.50. The van der Waals surface area contributed by atoms with Gasteiger partial charge in [-0.15, -0.1) is 0 Å². The van der Waals surface area contributed by atoms with Crippen LogP contribution in [0.15, 0.2) is 17.1 Å². The highest BCUT2D eigenvalue weighted by Gasteiger charge is 2.20. The molecular weight excluding hydrogens is 334 g/mol. The lowest BCUT2D eigenvalue weighted by molar-refractivity contribution is 0.123. The van der Waals surface area contributed by atoms with Gasteiger partial charge in [0.05, 0.1) is 21.3 Å². The Hall–Kier alpha value is -2.15. The second-order valence-corrected chi connectivity index (χ2v) is 6.22. The van der Waals surface area contributed by atoms with Crippen LogP contribution in [0.3, 0.4) is 0 Å². The molecule has 7 nitrogen and oxygen atoms in total. The zero-order valence-corrected chi connectivity index (χ0v) is 16.3. The highest BCUT2D eigenvalue weighted by Crippen LogP contribution is 2.39. The van der Waals surface area contributed by atoms with E-state index in [1.54, 1.807) is 28.4 Å². The molecule has 1 aliphatic carbocycles. The topological polar surface area (TPSA) is 73.3 Å². The molecule has 7 heteroatoms. The summed E-state index contributed by atoms with van der Waals surface area (Å²) in [6, 6.07) is 3.82. The number of hydrogen-bond acceptors (Lipinski definition) is 5. The third-order valence-electron chi connectivity index (χ3n) is 4.26. The Morgan fingerprint density at radius 1 is 1.08 bits per heavy atom. The number of hydrogen-bond donors (Lipinski definition) is 2. The second-order valence-electron chi connectivity index (χ2n) is 6.22. The fourth-order valence-corrected chi connectivity index (χ4v) is 2.62. The van der Waals surface area contributed by atoms with Gasteiger partial charge in [-0.2, -0.15) is 0 Å². The van der Waals surface area contributed by atoms with E-state index in [0.717, 1.165) is 43.6 Å². The van der Waals surface area contributed by atoms with E-state index in [-0.39, 0.29) is 0 Å². The smallest absolute Gasteiger partial charge is 0.203 e. The molecule has 0 radical (unpaired) electrons. The summed E-state index contributed by atoms with van der Waals surface area (Å²) in [5, 5.41) is 6.58. The number of ether oxygens (including phenoxy) is 4. The van der Waals surface area contributed by atoms with Crippen molar-refractivity contribution < 1.29 is 18.9 Å². The fraction of sp³-hybridized carbons (Fsp3) is 0.632. The molecule has 26 heavy (non-hydrogen) atoms. The predicted octanol–water partition coefficient (Wildman–Crippen LogP) is 2.19. The summed E-state index contributed by atoms with van der Waals surface area (Å²) < 4.78 is 21.9. The molecule has 0 unspecified atom stereocenters. The SMILES string of the molecule is CN=C(NCCCOCC1CC1)NCc1ccc(OC)c(OC)c1OC. The van der Waals surface area contributed by atoms with Gasteiger partial charge in [0.2, 0.25) is 5.75 Å². The van der Waals surface area contributed by atoms with Crippen molar-refractivity contribution in [3.05, 3.63) is 17.7 Å². The minimum absolute atomic E-state index is 0.557. The van der Waals surface area contributed by atoms with Crippen molar-refractivity contribution in [2.24, 2.45) is 10.9 Å². The van der Waals surface area contributed by atoms with E-state index in [4.69, 9.17) is 18.9 Å². The first-order valence-corrected chi connectivity index (χ1v) is 9.03. The van der Waals surface area contributed by atoms with Crippen LogP contribution in [0.25, 0.3) is 0 Å². The van der Waals surface area contributed by atoms with Gasteiger partial charge in [0.25, 0.3) is 0 Å². The van der Waals surface area contributed by atoms with Crippen LogP contribution in [0.2, 0.25) is 0 Å². The molecular formula is C19H31N3O4. The highest BCUT2D eigenvalue weighted by molar-refractivity contribution is 5.79. The minimum atomic E-state index is 0.557. The van der Waals surface area contributed by atoms with E-state index < -0.39 is 0 Å². The van der Waals surface area contributed by atoms with Gasteiger partial charge in [-0.3, -0.25) is 4.99 Å². The summed E-state index contributed by atoms with van der Waals surface area (Å²) in [4.78, 5) is 4.25. The van der Waals surface area contributed by atoms with Crippen molar-refractivity contribution >= 4 is 5.96 Å². The first kappa shape index (κ1) is 20.2. The zero-order chi connectivity index (χ0) is 18.8. The molecule has 0 heterocycles. The number of benzene rings is 1. The fourth-order valence-electron chi connectivity index (χ4n) is 2.62. The van der Waals surface area contributed by atoms with E-state index in [9.17, 15) is 0 Å². The predicted molar refractivity (Wildman–Crippen MR) is 102 cm³/mol. The molecule has 0 aromatic heterocycles. The van der Waals surface area contributed by atoms with Gasteiger partial charge in [-0.25, -0.2) is 0 Å². The maximum absolute atomic E-state index is 5.64. The Labute approximate surface area is 156 Å². The molecule has 0 saturated heterocycles. The lowest BCUT2D eigenvalue weighted by Gasteiger charge is -2.17. The van der Waals surface area contributed by atoms with Crippen molar-refractivity contribution in [1.82, 2.24) is 10.6 Å². The van der Waals surface area contributed by atoms with E-state index in [0.29, 0.717) is 23.8 Å². The molecule has 1 aromatic rings. The standard InChI is InChI=1S/C19H31N3O4/c1-20-19(21-10-5-11-26-13-14-6-7-14)22-12-15-8-9-16(23-2)18(25-4)17(15)24-3/h8-9,14H,5-7,10-13H2,1-4H3,(H2,20,21,22). The van der Waals surface area contributed by atoms with Crippen LogP contribution in [0.4, 0.5) is 0 Å². The zero-order valence-electron chi connectivity index (χ0n) is 16.3. The van der Waals surface area contributed by atoms with Gasteiger partial charge < -0.3 is 29.6 Å². The molecule has 1 fully saturated rings. The maximum atomic E-state index is 5.64. The molecule has 146 valence electrons. The van der Waals surface area contributed by atoms with E-state index in [1.165, 1.54) is 12.8 Å². The lowest BCUT2D eigenvalue weighted by atomic mass is 10.1. The molecule has 1 saturated carbocycles. The van der Waals surface area contributed by atoms with Crippen LogP contribution < -0.4 is 24.8 Å². The van der Waals surface area contributed by atoms with Gasteiger partial charge in [-0.1, -0.05) is 0 Å². The number of guanidine groups is 1. The summed E-state index contributed by atoms with van der Waals surface area (Å²) in [6.07, 6.45) is 3.61. The minimum Gasteiger partial charge on any atom is -0.493 e. The summed E-state index contributed by atoms with van der Waals surface area (Å²) in [5.74, 6) is 3.44. The molecule has 2 rings (SSSR count). The Bertz CT molecular complexity index is 588. The monoisotopic (exact) mass is 365 g/mol. The van der Waals surface area contributed by atoms with Crippen LogP contribution in [0.1, 0.15) is 24.8 Å². The first-order valence-electron chi connectivity index (χ1n) is 9.03. The van der Waals surface area contributed by atoms with Crippen molar-refractivity contribution in [2.75, 3.05) is 48.1 Å². The van der Waals surface area contributed by atoms with Gasteiger partial charge in [0.1, 0.15) is 0 Å². The Morgan fingerprint density at radius 3 is 2.46 bits per heavy atom. The molecule has 1 aliphatic rings. The number of nitrogens with one attached hydrogen (secondary N) is 2. The van der Waals surface area contributed by atoms with Crippen molar-refractivity contribution in [2.45, 2.75) is 25.8 Å². The van der Waals surface area contributed by atoms with Crippen LogP contribution >= 0.6 is 0 Å². The lowest BCUT2D eigenvalue weighted by Crippen LogP contribution is -2.37. The van der Waals surface area contributed by atoms with Gasteiger partial charge >= 0.3 is 0 Å². The summed E-state index contributed by atoms with van der Waals surface area (Å²) in [6.45, 7) is 3.06. The Kier molecular flexibility index (Phi) is 8.34. The molecule has 0 amide bonds. The van der Waals surface area contributed by atoms with Crippen molar-refractivity contribution in [1.29, 1.82) is 0 Å². The van der Waals surface area contributed by atoms with Crippen LogP contribution in [0.5, 0.6) is 17.2 Å². The quantitative estimate of drug-likeness (QED) is 0.356. The largest absolute Gasteiger partial charge is 0.493 e. The third kappa shape index (κ3) is 5.98. The Balaban J connectivity index is 1.79. The van der Waals surface area contributed by atoms with Gasteiger partial charge in [-0.05, 0) is 37.3 Å². The van der Waals surface area contributed by atoms with Gasteiger partial charge in [0.15, 0.2) is 17.5 Å². The van der Waals surface area contributed by atoms with E-state index in [1.807, 2.05) is 12.1 Å². The molecule has 0 aliphatic heterocycles. The molecule has 1 aromatic carbocycles. The normalized spacial score (nSPS) is 14.1. The van der Waals surface area contributed by atoms with E-state index >= 15 is 0 Å². The first-order chi connectivity index (χ1) is 12.7. The average molecular weight is 365 g/mol. The van der Waals surface area contributed by atoms with Crippen LogP contribution in [-0.4, -0.2) is 54.1 Å². The Morgan fingerprint density at radius 2 is 1.85 bits per heavy atom.